The first-order valence-electron chi connectivity index (χ1n) is 8.10. The summed E-state index contributed by atoms with van der Waals surface area (Å²) in [4.78, 5) is 16.5. The summed E-state index contributed by atoms with van der Waals surface area (Å²) in [6.07, 6.45) is 1.69. The van der Waals surface area contributed by atoms with Crippen LogP contribution in [0.1, 0.15) is 46.5 Å². The summed E-state index contributed by atoms with van der Waals surface area (Å²) in [7, 11) is -3.62. The first-order chi connectivity index (χ1) is 11.8. The molecule has 25 heavy (non-hydrogen) atoms. The average Bonchev–Trinajstić information content (AvgIpc) is 3.26. The summed E-state index contributed by atoms with van der Waals surface area (Å²) in [6.45, 7) is 6.24. The van der Waals surface area contributed by atoms with Gasteiger partial charge in [-0.15, -0.1) is 0 Å². The van der Waals surface area contributed by atoms with Gasteiger partial charge >= 0.3 is 0 Å². The first kappa shape index (κ1) is 17.7. The molecule has 0 aromatic carbocycles. The lowest BCUT2D eigenvalue weighted by atomic mass is 10.4. The van der Waals surface area contributed by atoms with E-state index < -0.39 is 15.9 Å². The third-order valence-electron chi connectivity index (χ3n) is 4.25. The number of amides is 1. The van der Waals surface area contributed by atoms with E-state index in [0.717, 1.165) is 18.5 Å². The van der Waals surface area contributed by atoms with Crippen LogP contribution in [0.15, 0.2) is 19.8 Å². The molecule has 0 unspecified atom stereocenters. The number of carbonyl (C=O) groups excluding carboxylic acids is 1. The average molecular weight is 367 g/mol. The predicted octanol–water partition coefficient (Wildman–Crippen LogP) is 1.91. The Morgan fingerprint density at radius 3 is 2.48 bits per heavy atom. The maximum Gasteiger partial charge on any atom is 0.287 e. The molecule has 1 saturated heterocycles. The van der Waals surface area contributed by atoms with Crippen molar-refractivity contribution in [3.63, 3.8) is 0 Å². The Labute approximate surface area is 146 Å². The van der Waals surface area contributed by atoms with Crippen molar-refractivity contribution in [1.29, 1.82) is 0 Å². The summed E-state index contributed by atoms with van der Waals surface area (Å²) in [5.74, 6) is 0.725. The van der Waals surface area contributed by atoms with E-state index in [-0.39, 0.29) is 23.0 Å². The highest BCUT2D eigenvalue weighted by atomic mass is 32.2. The number of aromatic nitrogens is 1. The molecule has 0 saturated carbocycles. The molecule has 0 bridgehead atoms. The molecule has 136 valence electrons. The monoisotopic (exact) mass is 367 g/mol. The summed E-state index contributed by atoms with van der Waals surface area (Å²) < 4.78 is 37.4. The molecule has 0 spiro atoms. The highest BCUT2D eigenvalue weighted by Crippen LogP contribution is 2.26. The zero-order valence-corrected chi connectivity index (χ0v) is 15.3. The van der Waals surface area contributed by atoms with Gasteiger partial charge in [-0.2, -0.15) is 4.31 Å². The topological polar surface area (TPSA) is 106 Å². The van der Waals surface area contributed by atoms with Crippen LogP contribution in [0.3, 0.4) is 0 Å². The van der Waals surface area contributed by atoms with Crippen molar-refractivity contribution in [2.75, 3.05) is 13.1 Å². The molecule has 1 aliphatic heterocycles. The Balaban J connectivity index is 1.74. The normalized spacial score (nSPS) is 15.6. The van der Waals surface area contributed by atoms with Gasteiger partial charge in [-0.3, -0.25) is 4.79 Å². The van der Waals surface area contributed by atoms with E-state index in [9.17, 15) is 13.2 Å². The van der Waals surface area contributed by atoms with E-state index in [2.05, 4.69) is 10.3 Å². The fourth-order valence-electron chi connectivity index (χ4n) is 2.76. The highest BCUT2D eigenvalue weighted by Gasteiger charge is 2.31. The summed E-state index contributed by atoms with van der Waals surface area (Å²) in [5, 5.41) is 2.62. The van der Waals surface area contributed by atoms with Crippen LogP contribution in [-0.4, -0.2) is 36.7 Å². The highest BCUT2D eigenvalue weighted by molar-refractivity contribution is 7.89. The van der Waals surface area contributed by atoms with Gasteiger partial charge in [-0.25, -0.2) is 13.4 Å². The molecule has 0 atom stereocenters. The van der Waals surface area contributed by atoms with Crippen molar-refractivity contribution in [1.82, 2.24) is 14.6 Å². The lowest BCUT2D eigenvalue weighted by molar-refractivity contribution is 0.0918. The summed E-state index contributed by atoms with van der Waals surface area (Å²) in [6, 6.07) is 1.28. The smallest absolute Gasteiger partial charge is 0.287 e. The number of oxazole rings is 1. The summed E-state index contributed by atoms with van der Waals surface area (Å²) in [5.41, 5.74) is 0.761. The number of aryl methyl sites for hydroxylation is 3. The Morgan fingerprint density at radius 2 is 1.88 bits per heavy atom. The van der Waals surface area contributed by atoms with E-state index in [0.29, 0.717) is 24.7 Å². The summed E-state index contributed by atoms with van der Waals surface area (Å²) >= 11 is 0. The van der Waals surface area contributed by atoms with Crippen LogP contribution in [0.2, 0.25) is 0 Å². The van der Waals surface area contributed by atoms with Gasteiger partial charge in [0.25, 0.3) is 5.91 Å². The Morgan fingerprint density at radius 1 is 1.20 bits per heavy atom. The van der Waals surface area contributed by atoms with Gasteiger partial charge in [-0.1, -0.05) is 0 Å². The molecule has 3 rings (SSSR count). The molecular formula is C16H21N3O5S. The van der Waals surface area contributed by atoms with Gasteiger partial charge < -0.3 is 14.2 Å². The molecule has 2 aromatic heterocycles. The van der Waals surface area contributed by atoms with Crippen LogP contribution in [0, 0.1) is 20.8 Å². The number of sulfonamides is 1. The predicted molar refractivity (Wildman–Crippen MR) is 88.6 cm³/mol. The molecule has 1 N–H and O–H groups in total. The van der Waals surface area contributed by atoms with Crippen LogP contribution in [0.4, 0.5) is 0 Å². The maximum atomic E-state index is 12.6. The van der Waals surface area contributed by atoms with Crippen LogP contribution >= 0.6 is 0 Å². The van der Waals surface area contributed by atoms with Crippen LogP contribution in [0.25, 0.3) is 0 Å². The minimum atomic E-state index is -3.62. The number of furan rings is 1. The largest absolute Gasteiger partial charge is 0.455 e. The van der Waals surface area contributed by atoms with Gasteiger partial charge in [0.2, 0.25) is 15.9 Å². The second kappa shape index (κ2) is 6.64. The minimum Gasteiger partial charge on any atom is -0.455 e. The number of carbonyl (C=O) groups is 1. The van der Waals surface area contributed by atoms with Crippen LogP contribution in [0.5, 0.6) is 0 Å². The van der Waals surface area contributed by atoms with Gasteiger partial charge in [-0.05, 0) is 33.6 Å². The fraction of sp³-hybridized carbons (Fsp3) is 0.500. The molecular weight excluding hydrogens is 346 g/mol. The van der Waals surface area contributed by atoms with Crippen molar-refractivity contribution < 1.29 is 22.0 Å². The molecule has 8 nitrogen and oxygen atoms in total. The number of hydrogen-bond donors (Lipinski definition) is 1. The maximum absolute atomic E-state index is 12.6. The molecule has 3 heterocycles. The number of nitrogens with one attached hydrogen (secondary N) is 1. The van der Waals surface area contributed by atoms with Gasteiger partial charge in [0.1, 0.15) is 16.4 Å². The molecule has 0 aliphatic carbocycles. The van der Waals surface area contributed by atoms with Crippen LogP contribution < -0.4 is 5.32 Å². The third-order valence-corrected chi connectivity index (χ3v) is 6.26. The fourth-order valence-corrected chi connectivity index (χ4v) is 4.44. The van der Waals surface area contributed by atoms with E-state index in [1.165, 1.54) is 10.4 Å². The molecule has 2 aromatic rings. The Kier molecular flexibility index (Phi) is 4.70. The Bertz CT molecular complexity index is 872. The van der Waals surface area contributed by atoms with Crippen LogP contribution in [-0.2, 0) is 16.6 Å². The number of rotatable bonds is 5. The standard InChI is InChI=1S/C16H21N3O5S/c1-10-11(2)24-15(18-10)9-17-16(20)13-8-14(12(3)23-13)25(21,22)19-6-4-5-7-19/h8H,4-7,9H2,1-3H3,(H,17,20). The minimum absolute atomic E-state index is 0.0439. The number of hydrogen-bond acceptors (Lipinski definition) is 6. The van der Waals surface area contributed by atoms with E-state index in [1.54, 1.807) is 13.8 Å². The van der Waals surface area contributed by atoms with Gasteiger partial charge in [0, 0.05) is 19.2 Å². The molecule has 0 radical (unpaired) electrons. The second-order valence-corrected chi connectivity index (χ2v) is 7.98. The third kappa shape index (κ3) is 3.47. The lowest BCUT2D eigenvalue weighted by Crippen LogP contribution is -2.28. The first-order valence-corrected chi connectivity index (χ1v) is 9.54. The van der Waals surface area contributed by atoms with E-state index in [1.807, 2.05) is 6.92 Å². The molecule has 1 fully saturated rings. The molecule has 1 amide bonds. The Hall–Kier alpha value is -2.13. The lowest BCUT2D eigenvalue weighted by Gasteiger charge is -2.14. The van der Waals surface area contributed by atoms with Crippen molar-refractivity contribution in [3.05, 3.63) is 34.9 Å². The zero-order chi connectivity index (χ0) is 18.2. The quantitative estimate of drug-likeness (QED) is 0.865. The van der Waals surface area contributed by atoms with E-state index in [4.69, 9.17) is 8.83 Å². The second-order valence-electron chi connectivity index (χ2n) is 6.07. The van der Waals surface area contributed by atoms with Gasteiger partial charge in [0.15, 0.2) is 5.76 Å². The molecule has 1 aliphatic rings. The van der Waals surface area contributed by atoms with Crippen molar-refractivity contribution in [3.8, 4) is 0 Å². The van der Waals surface area contributed by atoms with Crippen molar-refractivity contribution >= 4 is 15.9 Å². The van der Waals surface area contributed by atoms with Gasteiger partial charge in [0.05, 0.1) is 12.2 Å². The number of nitrogens with zero attached hydrogens (tertiary/aromatic N) is 2. The molecule has 9 heteroatoms. The van der Waals surface area contributed by atoms with Crippen molar-refractivity contribution in [2.45, 2.75) is 45.1 Å². The zero-order valence-electron chi connectivity index (χ0n) is 14.5. The SMILES string of the molecule is Cc1nc(CNC(=O)c2cc(S(=O)(=O)N3CCCC3)c(C)o2)oc1C. The van der Waals surface area contributed by atoms with E-state index >= 15 is 0 Å². The van der Waals surface area contributed by atoms with Crippen molar-refractivity contribution in [2.24, 2.45) is 0 Å².